The number of fused-ring (bicyclic) bond motifs is 1. The molecule has 1 amide bonds. The summed E-state index contributed by atoms with van der Waals surface area (Å²) in [4.78, 5) is 18.6. The highest BCUT2D eigenvalue weighted by Crippen LogP contribution is 2.20. The highest BCUT2D eigenvalue weighted by Gasteiger charge is 2.12. The van der Waals surface area contributed by atoms with Gasteiger partial charge in [-0.05, 0) is 48.8 Å². The van der Waals surface area contributed by atoms with E-state index in [1.54, 1.807) is 11.6 Å². The van der Waals surface area contributed by atoms with E-state index in [0.29, 0.717) is 0 Å². The minimum absolute atomic E-state index is 0. The van der Waals surface area contributed by atoms with Crippen LogP contribution >= 0.6 is 24.8 Å². The van der Waals surface area contributed by atoms with Crippen LogP contribution in [-0.2, 0) is 24.2 Å². The second-order valence-corrected chi connectivity index (χ2v) is 7.25. The summed E-state index contributed by atoms with van der Waals surface area (Å²) in [5.41, 5.74) is 5.81. The molecule has 0 saturated heterocycles. The Morgan fingerprint density at radius 1 is 1.09 bits per heavy atom. The van der Waals surface area contributed by atoms with Crippen LogP contribution in [-0.4, -0.2) is 45.2 Å². The lowest BCUT2D eigenvalue weighted by Gasteiger charge is -2.19. The van der Waals surface area contributed by atoms with Crippen LogP contribution in [0.3, 0.4) is 0 Å². The third kappa shape index (κ3) is 7.35. The molecule has 0 radical (unpaired) electrons. The molecule has 32 heavy (non-hydrogen) atoms. The summed E-state index contributed by atoms with van der Waals surface area (Å²) >= 11 is 0. The molecule has 1 heterocycles. The van der Waals surface area contributed by atoms with Gasteiger partial charge < -0.3 is 9.47 Å². The molecule has 174 valence electrons. The van der Waals surface area contributed by atoms with Gasteiger partial charge in [0.2, 0.25) is 0 Å². The molecule has 0 saturated carbocycles. The van der Waals surface area contributed by atoms with Gasteiger partial charge in [0.1, 0.15) is 5.82 Å². The SMILES string of the molecule is CCN(CC)CCn1c(CCc2ccccc2)nc2cc(/C=C/C(=O)NO)ccc21.Cl.Cl. The van der Waals surface area contributed by atoms with Crippen molar-refractivity contribution in [1.29, 1.82) is 0 Å². The van der Waals surface area contributed by atoms with Crippen molar-refractivity contribution in [1.82, 2.24) is 19.9 Å². The predicted octanol–water partition coefficient (Wildman–Crippen LogP) is 4.53. The molecule has 3 aromatic rings. The summed E-state index contributed by atoms with van der Waals surface area (Å²) in [5, 5.41) is 8.65. The van der Waals surface area contributed by atoms with Crippen LogP contribution in [0, 0.1) is 0 Å². The molecule has 0 aliphatic heterocycles. The number of hydroxylamine groups is 1. The number of hydrogen-bond acceptors (Lipinski definition) is 4. The number of likely N-dealkylation sites (N-methyl/N-ethyl adjacent to an activating group) is 1. The average molecular weight is 479 g/mol. The molecule has 6 nitrogen and oxygen atoms in total. The third-order valence-corrected chi connectivity index (χ3v) is 5.40. The van der Waals surface area contributed by atoms with Gasteiger partial charge in [-0.15, -0.1) is 24.8 Å². The maximum atomic E-state index is 11.3. The monoisotopic (exact) mass is 478 g/mol. The molecule has 0 bridgehead atoms. The molecule has 2 N–H and O–H groups in total. The number of amides is 1. The van der Waals surface area contributed by atoms with E-state index in [-0.39, 0.29) is 24.8 Å². The fraction of sp³-hybridized carbons (Fsp3) is 0.333. The summed E-state index contributed by atoms with van der Waals surface area (Å²) in [6.07, 6.45) is 4.78. The van der Waals surface area contributed by atoms with E-state index in [1.165, 1.54) is 11.6 Å². The fourth-order valence-electron chi connectivity index (χ4n) is 3.63. The molecular formula is C24H32Cl2N4O2. The Balaban J connectivity index is 0.00000256. The van der Waals surface area contributed by atoms with Crippen molar-refractivity contribution in [2.24, 2.45) is 0 Å². The van der Waals surface area contributed by atoms with E-state index in [2.05, 4.69) is 53.6 Å². The number of carbonyl (C=O) groups is 1. The number of aryl methyl sites for hydroxylation is 2. The smallest absolute Gasteiger partial charge is 0.267 e. The van der Waals surface area contributed by atoms with E-state index in [9.17, 15) is 4.79 Å². The van der Waals surface area contributed by atoms with Crippen molar-refractivity contribution < 1.29 is 10.0 Å². The van der Waals surface area contributed by atoms with Gasteiger partial charge in [0.05, 0.1) is 11.0 Å². The summed E-state index contributed by atoms with van der Waals surface area (Å²) in [6.45, 7) is 8.31. The molecule has 3 rings (SSSR count). The Bertz CT molecular complexity index is 1000. The number of halogens is 2. The first-order chi connectivity index (χ1) is 14.6. The largest absolute Gasteiger partial charge is 0.327 e. The van der Waals surface area contributed by atoms with Crippen LogP contribution in [0.2, 0.25) is 0 Å². The van der Waals surface area contributed by atoms with Crippen molar-refractivity contribution in [2.75, 3.05) is 19.6 Å². The Kier molecular flexibility index (Phi) is 12.0. The first kappa shape index (κ1) is 27.7. The standard InChI is InChI=1S/C24H30N4O2.2ClH/c1-3-27(4-2)16-17-28-22-13-10-20(12-15-24(29)26-30)18-21(22)25-23(28)14-11-19-8-6-5-7-9-19;;/h5-10,12-13,15,18,30H,3-4,11,14,16-17H2,1-2H3,(H,26,29);2*1H/b15-12+;;. The molecule has 0 unspecified atom stereocenters. The number of hydrogen-bond donors (Lipinski definition) is 2. The zero-order valence-corrected chi connectivity index (χ0v) is 20.2. The summed E-state index contributed by atoms with van der Waals surface area (Å²) in [7, 11) is 0. The minimum Gasteiger partial charge on any atom is -0.327 e. The van der Waals surface area contributed by atoms with Crippen molar-refractivity contribution in [2.45, 2.75) is 33.2 Å². The van der Waals surface area contributed by atoms with Gasteiger partial charge >= 0.3 is 0 Å². The highest BCUT2D eigenvalue weighted by molar-refractivity contribution is 5.91. The van der Waals surface area contributed by atoms with Crippen molar-refractivity contribution >= 4 is 47.8 Å². The van der Waals surface area contributed by atoms with Crippen LogP contribution in [0.4, 0.5) is 0 Å². The van der Waals surface area contributed by atoms with Crippen molar-refractivity contribution in [3.63, 3.8) is 0 Å². The van der Waals surface area contributed by atoms with Gasteiger partial charge in [0.15, 0.2) is 0 Å². The number of rotatable bonds is 10. The Morgan fingerprint density at radius 2 is 1.81 bits per heavy atom. The summed E-state index contributed by atoms with van der Waals surface area (Å²) in [6, 6.07) is 16.5. The number of imidazole rings is 1. The van der Waals surface area contributed by atoms with Gasteiger partial charge in [-0.25, -0.2) is 10.5 Å². The van der Waals surface area contributed by atoms with Gasteiger partial charge in [-0.1, -0.05) is 50.2 Å². The zero-order chi connectivity index (χ0) is 21.3. The number of nitrogens with one attached hydrogen (secondary N) is 1. The van der Waals surface area contributed by atoms with Crippen LogP contribution < -0.4 is 5.48 Å². The quantitative estimate of drug-likeness (QED) is 0.255. The maximum absolute atomic E-state index is 11.3. The first-order valence-electron chi connectivity index (χ1n) is 10.5. The van der Waals surface area contributed by atoms with Crippen LogP contribution in [0.25, 0.3) is 17.1 Å². The second kappa shape index (κ2) is 13.9. The van der Waals surface area contributed by atoms with Gasteiger partial charge in [0, 0.05) is 25.6 Å². The normalized spacial score (nSPS) is 10.9. The lowest BCUT2D eigenvalue weighted by molar-refractivity contribution is -0.124. The van der Waals surface area contributed by atoms with Crippen molar-refractivity contribution in [3.8, 4) is 0 Å². The van der Waals surface area contributed by atoms with E-state index >= 15 is 0 Å². The summed E-state index contributed by atoms with van der Waals surface area (Å²) < 4.78 is 2.32. The predicted molar refractivity (Wildman–Crippen MR) is 135 cm³/mol. The minimum atomic E-state index is -0.552. The van der Waals surface area contributed by atoms with Gasteiger partial charge in [0.25, 0.3) is 5.91 Å². The molecule has 0 aliphatic carbocycles. The molecule has 0 fully saturated rings. The Labute approximate surface area is 202 Å². The molecule has 0 aliphatic rings. The second-order valence-electron chi connectivity index (χ2n) is 7.25. The van der Waals surface area contributed by atoms with Crippen LogP contribution in [0.5, 0.6) is 0 Å². The molecule has 2 aromatic carbocycles. The molecule has 1 aromatic heterocycles. The maximum Gasteiger partial charge on any atom is 0.267 e. The summed E-state index contributed by atoms with van der Waals surface area (Å²) in [5.74, 6) is 0.527. The number of aromatic nitrogens is 2. The van der Waals surface area contributed by atoms with E-state index in [1.807, 2.05) is 18.2 Å². The number of benzene rings is 2. The van der Waals surface area contributed by atoms with E-state index in [4.69, 9.17) is 10.2 Å². The third-order valence-electron chi connectivity index (χ3n) is 5.40. The van der Waals surface area contributed by atoms with Crippen LogP contribution in [0.1, 0.15) is 30.8 Å². The molecule has 8 heteroatoms. The van der Waals surface area contributed by atoms with E-state index < -0.39 is 5.91 Å². The van der Waals surface area contributed by atoms with Gasteiger partial charge in [-0.2, -0.15) is 0 Å². The lowest BCUT2D eigenvalue weighted by atomic mass is 10.1. The molecule has 0 atom stereocenters. The van der Waals surface area contributed by atoms with Gasteiger partial charge in [-0.3, -0.25) is 10.0 Å². The highest BCUT2D eigenvalue weighted by atomic mass is 35.5. The number of carbonyl (C=O) groups excluding carboxylic acids is 1. The van der Waals surface area contributed by atoms with E-state index in [0.717, 1.165) is 61.4 Å². The lowest BCUT2D eigenvalue weighted by Crippen LogP contribution is -2.27. The van der Waals surface area contributed by atoms with Crippen molar-refractivity contribution in [3.05, 3.63) is 71.6 Å². The molecular weight excluding hydrogens is 447 g/mol. The topological polar surface area (TPSA) is 70.4 Å². The number of nitrogens with zero attached hydrogens (tertiary/aromatic N) is 3. The van der Waals surface area contributed by atoms with Crippen LogP contribution in [0.15, 0.2) is 54.6 Å². The molecule has 0 spiro atoms. The average Bonchev–Trinajstić information content (AvgIpc) is 3.14. The zero-order valence-electron chi connectivity index (χ0n) is 18.5. The first-order valence-corrected chi connectivity index (χ1v) is 10.5. The Morgan fingerprint density at radius 3 is 2.47 bits per heavy atom. The Hall–Kier alpha value is -2.38. The fourth-order valence-corrected chi connectivity index (χ4v) is 3.63.